The first-order valence-corrected chi connectivity index (χ1v) is 9.08. The fourth-order valence-electron chi connectivity index (χ4n) is 1.91. The van der Waals surface area contributed by atoms with E-state index >= 15 is 0 Å². The summed E-state index contributed by atoms with van der Waals surface area (Å²) in [6.07, 6.45) is 6.46. The average Bonchev–Trinajstić information content (AvgIpc) is 2.65. The van der Waals surface area contributed by atoms with E-state index in [1.54, 1.807) is 55.1 Å². The molecule has 1 atom stereocenters. The minimum atomic E-state index is -1.46. The van der Waals surface area contributed by atoms with Crippen molar-refractivity contribution in [1.29, 1.82) is 0 Å². The first kappa shape index (κ1) is 17.8. The molecule has 0 radical (unpaired) electrons. The van der Waals surface area contributed by atoms with Gasteiger partial charge in [-0.25, -0.2) is 24.1 Å². The maximum absolute atomic E-state index is 12.3. The van der Waals surface area contributed by atoms with Crippen LogP contribution in [-0.2, 0) is 11.0 Å². The van der Waals surface area contributed by atoms with Gasteiger partial charge in [0.1, 0.15) is 5.82 Å². The first-order valence-electron chi connectivity index (χ1n) is 7.52. The summed E-state index contributed by atoms with van der Waals surface area (Å²) in [6, 6.07) is 8.70. The topological polar surface area (TPSA) is 105 Å². The van der Waals surface area contributed by atoms with Crippen molar-refractivity contribution in [1.82, 2.24) is 19.9 Å². The van der Waals surface area contributed by atoms with Crippen LogP contribution in [0.25, 0.3) is 0 Å². The zero-order valence-electron chi connectivity index (χ0n) is 13.7. The van der Waals surface area contributed by atoms with E-state index in [-0.39, 0.29) is 0 Å². The molecule has 1 unspecified atom stereocenters. The molecule has 2 heterocycles. The van der Waals surface area contributed by atoms with Gasteiger partial charge in [-0.15, -0.1) is 0 Å². The molecule has 8 nitrogen and oxygen atoms in total. The van der Waals surface area contributed by atoms with Crippen LogP contribution in [-0.4, -0.2) is 29.3 Å². The fraction of sp³-hybridized carbons (Fsp3) is 0.0625. The van der Waals surface area contributed by atoms with Gasteiger partial charge >= 0.3 is 0 Å². The lowest BCUT2D eigenvalue weighted by Gasteiger charge is -2.11. The molecule has 0 fully saturated rings. The van der Waals surface area contributed by atoms with E-state index in [0.717, 1.165) is 5.69 Å². The van der Waals surface area contributed by atoms with Gasteiger partial charge in [0.2, 0.25) is 5.95 Å². The van der Waals surface area contributed by atoms with E-state index in [1.165, 1.54) is 0 Å². The molecule has 0 aliphatic rings. The molecular weight excluding hydrogens is 370 g/mol. The Labute approximate surface area is 158 Å². The number of nitrogens with one attached hydrogen (secondary N) is 3. The highest BCUT2D eigenvalue weighted by Crippen LogP contribution is 2.14. The van der Waals surface area contributed by atoms with Gasteiger partial charge < -0.3 is 10.6 Å². The maximum Gasteiger partial charge on any atom is 0.234 e. The van der Waals surface area contributed by atoms with Crippen molar-refractivity contribution < 1.29 is 4.21 Å². The highest BCUT2D eigenvalue weighted by Gasteiger charge is 2.06. The van der Waals surface area contributed by atoms with Crippen LogP contribution in [0.3, 0.4) is 0 Å². The second-order valence-corrected chi connectivity index (χ2v) is 6.69. The molecule has 0 amide bonds. The van der Waals surface area contributed by atoms with Crippen molar-refractivity contribution in [2.75, 3.05) is 15.4 Å². The van der Waals surface area contributed by atoms with Crippen LogP contribution in [0.2, 0.25) is 0 Å². The maximum atomic E-state index is 12.3. The lowest BCUT2D eigenvalue weighted by Crippen LogP contribution is -2.19. The highest BCUT2D eigenvalue weighted by atomic mass is 32.2. The predicted octanol–water partition coefficient (Wildman–Crippen LogP) is 2.52. The number of aryl methyl sites for hydroxylation is 1. The van der Waals surface area contributed by atoms with Crippen molar-refractivity contribution in [3.05, 3.63) is 60.9 Å². The van der Waals surface area contributed by atoms with Crippen molar-refractivity contribution in [3.63, 3.8) is 0 Å². The lowest BCUT2D eigenvalue weighted by molar-refractivity contribution is 0.686. The number of hydrogen-bond acceptors (Lipinski definition) is 6. The van der Waals surface area contributed by atoms with Crippen molar-refractivity contribution in [2.24, 2.45) is 0 Å². The molecule has 132 valence electrons. The number of hydrogen-bond donors (Lipinski definition) is 3. The van der Waals surface area contributed by atoms with Gasteiger partial charge in [-0.05, 0) is 49.5 Å². The summed E-state index contributed by atoms with van der Waals surface area (Å²) in [5, 5.41) is 6.44. The number of rotatable bonds is 5. The van der Waals surface area contributed by atoms with Crippen molar-refractivity contribution >= 4 is 45.6 Å². The van der Waals surface area contributed by atoms with Gasteiger partial charge in [-0.3, -0.25) is 4.72 Å². The molecule has 26 heavy (non-hydrogen) atoms. The molecule has 0 saturated heterocycles. The molecular formula is C16H15N7OS2. The summed E-state index contributed by atoms with van der Waals surface area (Å²) in [6.45, 7) is 1.81. The van der Waals surface area contributed by atoms with Crippen molar-refractivity contribution in [2.45, 2.75) is 11.8 Å². The van der Waals surface area contributed by atoms with Crippen LogP contribution in [0.15, 0.2) is 60.0 Å². The SMILES string of the molecule is Cc1ncc(NC(=S)Nc2ccc(S(=O)Nc3ncccn3)cc2)cn1. The van der Waals surface area contributed by atoms with Crippen LogP contribution in [0.4, 0.5) is 17.3 Å². The summed E-state index contributed by atoms with van der Waals surface area (Å²) in [5.41, 5.74) is 1.45. The van der Waals surface area contributed by atoms with Crippen LogP contribution in [0.1, 0.15) is 5.82 Å². The highest BCUT2D eigenvalue weighted by molar-refractivity contribution is 7.86. The van der Waals surface area contributed by atoms with E-state index in [0.29, 0.717) is 27.5 Å². The van der Waals surface area contributed by atoms with E-state index in [9.17, 15) is 4.21 Å². The summed E-state index contributed by atoms with van der Waals surface area (Å²) < 4.78 is 15.0. The molecule has 2 aromatic heterocycles. The third-order valence-corrected chi connectivity index (χ3v) is 4.39. The van der Waals surface area contributed by atoms with Gasteiger partial charge in [-0.2, -0.15) is 0 Å². The number of thiocarbonyl (C=S) groups is 1. The van der Waals surface area contributed by atoms with E-state index in [4.69, 9.17) is 12.2 Å². The fourth-order valence-corrected chi connectivity index (χ4v) is 2.91. The second-order valence-electron chi connectivity index (χ2n) is 5.07. The standard InChI is InChI=1S/C16H15N7OS2/c1-11-19-9-13(10-20-11)22-16(25)21-12-3-5-14(6-4-12)26(24)23-15-17-7-2-8-18-15/h2-10H,1H3,(H,17,18,23)(H2,21,22,25). The van der Waals surface area contributed by atoms with Gasteiger partial charge in [-0.1, -0.05) is 0 Å². The van der Waals surface area contributed by atoms with Crippen LogP contribution in [0.5, 0.6) is 0 Å². The van der Waals surface area contributed by atoms with Gasteiger partial charge in [0.05, 0.1) is 23.0 Å². The second kappa shape index (κ2) is 8.41. The molecule has 10 heteroatoms. The summed E-state index contributed by atoms with van der Waals surface area (Å²) in [7, 11) is -1.46. The lowest BCUT2D eigenvalue weighted by atomic mass is 10.3. The zero-order chi connectivity index (χ0) is 18.4. The molecule has 3 N–H and O–H groups in total. The molecule has 0 aliphatic heterocycles. The molecule has 0 bridgehead atoms. The third kappa shape index (κ3) is 5.01. The van der Waals surface area contributed by atoms with Gasteiger partial charge in [0, 0.05) is 18.1 Å². The van der Waals surface area contributed by atoms with Gasteiger partial charge in [0.25, 0.3) is 0 Å². The molecule has 0 spiro atoms. The third-order valence-electron chi connectivity index (χ3n) is 3.11. The van der Waals surface area contributed by atoms with E-state index < -0.39 is 11.0 Å². The Kier molecular flexibility index (Phi) is 5.77. The Morgan fingerprint density at radius 2 is 1.58 bits per heavy atom. The number of benzene rings is 1. The number of anilines is 3. The normalized spacial score (nSPS) is 11.4. The zero-order valence-corrected chi connectivity index (χ0v) is 15.3. The average molecular weight is 385 g/mol. The Morgan fingerprint density at radius 1 is 0.962 bits per heavy atom. The monoisotopic (exact) mass is 385 g/mol. The molecule has 0 aliphatic carbocycles. The van der Waals surface area contributed by atoms with Gasteiger partial charge in [0.15, 0.2) is 16.1 Å². The Morgan fingerprint density at radius 3 is 2.23 bits per heavy atom. The molecule has 0 saturated carbocycles. The molecule has 3 aromatic rings. The molecule has 3 rings (SSSR count). The largest absolute Gasteiger partial charge is 0.332 e. The van der Waals surface area contributed by atoms with E-state index in [1.807, 2.05) is 6.92 Å². The summed E-state index contributed by atoms with van der Waals surface area (Å²) in [4.78, 5) is 16.7. The minimum absolute atomic E-state index is 0.304. The van der Waals surface area contributed by atoms with E-state index in [2.05, 4.69) is 35.3 Å². The summed E-state index contributed by atoms with van der Waals surface area (Å²) >= 11 is 5.26. The predicted molar refractivity (Wildman–Crippen MR) is 105 cm³/mol. The van der Waals surface area contributed by atoms with Crippen LogP contribution < -0.4 is 15.4 Å². The summed E-state index contributed by atoms with van der Waals surface area (Å²) in [5.74, 6) is 0.992. The minimum Gasteiger partial charge on any atom is -0.332 e. The number of nitrogens with zero attached hydrogens (tertiary/aromatic N) is 4. The number of aromatic nitrogens is 4. The Balaban J connectivity index is 1.57. The van der Waals surface area contributed by atoms with Crippen LogP contribution in [0, 0.1) is 6.92 Å². The Bertz CT molecular complexity index is 902. The van der Waals surface area contributed by atoms with Crippen molar-refractivity contribution in [3.8, 4) is 0 Å². The van der Waals surface area contributed by atoms with Crippen LogP contribution >= 0.6 is 12.2 Å². The smallest absolute Gasteiger partial charge is 0.234 e. The first-order chi connectivity index (χ1) is 12.6. The Hall–Kier alpha value is -2.98. The molecule has 1 aromatic carbocycles. The quantitative estimate of drug-likeness (QED) is 0.576.